The van der Waals surface area contributed by atoms with Crippen molar-refractivity contribution in [1.29, 1.82) is 21.2 Å². The van der Waals surface area contributed by atoms with Crippen LogP contribution in [0.5, 0.6) is 0 Å². The summed E-state index contributed by atoms with van der Waals surface area (Å²) >= 11 is 0. The number of nitrogens with zero attached hydrogens (tertiary/aromatic N) is 4. The van der Waals surface area contributed by atoms with E-state index in [0.717, 1.165) is 24.2 Å². The lowest BCUT2D eigenvalue weighted by molar-refractivity contribution is 0.212. The van der Waals surface area contributed by atoms with E-state index >= 15 is 0 Å². The van der Waals surface area contributed by atoms with Gasteiger partial charge in [-0.05, 0) is 28.7 Å². The Hall–Kier alpha value is -2.94. The van der Waals surface area contributed by atoms with Gasteiger partial charge in [0.25, 0.3) is 0 Å². The van der Waals surface area contributed by atoms with Gasteiger partial charge < -0.3 is 5.41 Å². The van der Waals surface area contributed by atoms with Gasteiger partial charge in [0, 0.05) is 24.9 Å². The third-order valence-electron chi connectivity index (χ3n) is 6.45. The maximum atomic E-state index is 10.1. The number of nitriles is 3. The summed E-state index contributed by atoms with van der Waals surface area (Å²) in [6.45, 7) is 10.8. The molecule has 1 aliphatic heterocycles. The van der Waals surface area contributed by atoms with Crippen molar-refractivity contribution in [3.63, 3.8) is 0 Å². The Morgan fingerprint density at radius 3 is 2.24 bits per heavy atom. The van der Waals surface area contributed by atoms with Gasteiger partial charge in [0.2, 0.25) is 0 Å². The average molecular weight is 386 g/mol. The van der Waals surface area contributed by atoms with E-state index in [1.165, 1.54) is 5.56 Å². The van der Waals surface area contributed by atoms with Crippen LogP contribution in [0.4, 0.5) is 0 Å². The lowest BCUT2D eigenvalue weighted by Gasteiger charge is -2.47. The molecule has 0 amide bonds. The minimum Gasteiger partial charge on any atom is -0.305 e. The molecule has 3 rings (SSSR count). The van der Waals surface area contributed by atoms with Crippen LogP contribution >= 0.6 is 0 Å². The number of likely N-dealkylation sites (N-methyl/N-ethyl adjacent to an activating group) is 1. The predicted octanol–water partition coefficient (Wildman–Crippen LogP) is 4.15. The zero-order valence-electron chi connectivity index (χ0n) is 17.5. The number of fused-ring (bicyclic) bond motifs is 1. The molecule has 0 bridgehead atoms. The summed E-state index contributed by atoms with van der Waals surface area (Å²) in [5.74, 6) is -1.41. The second-order valence-corrected chi connectivity index (χ2v) is 9.02. The molecule has 0 aromatic heterocycles. The van der Waals surface area contributed by atoms with Crippen molar-refractivity contribution >= 4 is 5.71 Å². The van der Waals surface area contributed by atoms with Crippen LogP contribution in [0.2, 0.25) is 0 Å². The van der Waals surface area contributed by atoms with Gasteiger partial charge in [-0.2, -0.15) is 15.8 Å². The van der Waals surface area contributed by atoms with Crippen LogP contribution < -0.4 is 0 Å². The Kier molecular flexibility index (Phi) is 5.36. The molecule has 1 aromatic carbocycles. The van der Waals surface area contributed by atoms with Gasteiger partial charge in [-0.1, -0.05) is 58.0 Å². The number of benzene rings is 1. The van der Waals surface area contributed by atoms with Crippen molar-refractivity contribution in [2.45, 2.75) is 39.0 Å². The molecule has 0 saturated heterocycles. The molecule has 1 aliphatic carbocycles. The maximum Gasteiger partial charge on any atom is 0.189 e. The first-order valence-electron chi connectivity index (χ1n) is 10.1. The Morgan fingerprint density at radius 1 is 1.14 bits per heavy atom. The topological polar surface area (TPSA) is 98.5 Å². The van der Waals surface area contributed by atoms with E-state index in [9.17, 15) is 15.8 Å². The molecular formula is C24H27N5. The highest BCUT2D eigenvalue weighted by Crippen LogP contribution is 2.53. The standard InChI is InChI=1S/C24H27N5/c1-5-29-11-10-18-19(12-25)22(28)24(14-26,15-27)21(20(18)13-29)16-6-8-17(9-7-16)23(2,3)4/h6-10,19-21,28H,5,11,13H2,1-4H3/t19?,20-,21-/m1/s1. The van der Waals surface area contributed by atoms with Gasteiger partial charge >= 0.3 is 0 Å². The summed E-state index contributed by atoms with van der Waals surface area (Å²) in [6, 6.07) is 14.6. The number of rotatable bonds is 2. The van der Waals surface area contributed by atoms with Gasteiger partial charge in [-0.25, -0.2) is 0 Å². The van der Waals surface area contributed by atoms with E-state index in [4.69, 9.17) is 5.41 Å². The number of hydrogen-bond donors (Lipinski definition) is 1. The highest BCUT2D eigenvalue weighted by molar-refractivity contribution is 6.00. The first kappa shape index (κ1) is 20.8. The molecule has 148 valence electrons. The molecule has 5 heteroatoms. The molecule has 1 unspecified atom stereocenters. The van der Waals surface area contributed by atoms with Crippen LogP contribution in [-0.4, -0.2) is 30.2 Å². The highest BCUT2D eigenvalue weighted by Gasteiger charge is 2.57. The van der Waals surface area contributed by atoms with Crippen LogP contribution in [0.15, 0.2) is 35.9 Å². The van der Waals surface area contributed by atoms with E-state index in [2.05, 4.69) is 62.9 Å². The van der Waals surface area contributed by atoms with Gasteiger partial charge in [0.05, 0.1) is 23.9 Å². The van der Waals surface area contributed by atoms with Crippen LogP contribution in [0.25, 0.3) is 0 Å². The molecule has 1 fully saturated rings. The van der Waals surface area contributed by atoms with Crippen molar-refractivity contribution < 1.29 is 0 Å². The first-order chi connectivity index (χ1) is 13.7. The van der Waals surface area contributed by atoms with E-state index in [1.807, 2.05) is 18.2 Å². The highest BCUT2D eigenvalue weighted by atomic mass is 15.1. The monoisotopic (exact) mass is 385 g/mol. The molecule has 0 radical (unpaired) electrons. The quantitative estimate of drug-likeness (QED) is 0.773. The molecule has 1 N–H and O–H groups in total. The van der Waals surface area contributed by atoms with Crippen LogP contribution in [0.3, 0.4) is 0 Å². The second-order valence-electron chi connectivity index (χ2n) is 9.02. The zero-order valence-corrected chi connectivity index (χ0v) is 17.5. The second kappa shape index (κ2) is 7.47. The smallest absolute Gasteiger partial charge is 0.189 e. The van der Waals surface area contributed by atoms with Crippen molar-refractivity contribution in [3.05, 3.63) is 47.0 Å². The van der Waals surface area contributed by atoms with E-state index in [-0.39, 0.29) is 17.0 Å². The fourth-order valence-electron chi connectivity index (χ4n) is 4.69. The SMILES string of the molecule is CCN1CC=C2C(C#N)C(=N)C(C#N)(C#N)[C@H](c3ccc(C(C)(C)C)cc3)[C@@H]2C1. The molecule has 29 heavy (non-hydrogen) atoms. The molecule has 1 saturated carbocycles. The fraction of sp³-hybridized carbons (Fsp3) is 0.500. The number of nitrogens with one attached hydrogen (secondary N) is 1. The summed E-state index contributed by atoms with van der Waals surface area (Å²) in [4.78, 5) is 2.26. The Morgan fingerprint density at radius 2 is 1.76 bits per heavy atom. The summed E-state index contributed by atoms with van der Waals surface area (Å²) in [6.07, 6.45) is 2.04. The van der Waals surface area contributed by atoms with Crippen LogP contribution in [0, 0.1) is 56.7 Å². The normalized spacial score (nSPS) is 26.4. The molecular weight excluding hydrogens is 358 g/mol. The maximum absolute atomic E-state index is 10.1. The van der Waals surface area contributed by atoms with E-state index < -0.39 is 17.3 Å². The summed E-state index contributed by atoms with van der Waals surface area (Å²) in [7, 11) is 0. The van der Waals surface area contributed by atoms with Crippen molar-refractivity contribution in [2.75, 3.05) is 19.6 Å². The lowest BCUT2D eigenvalue weighted by Crippen LogP contribution is -2.52. The third kappa shape index (κ3) is 3.25. The van der Waals surface area contributed by atoms with E-state index in [0.29, 0.717) is 6.54 Å². The molecule has 2 aliphatic rings. The largest absolute Gasteiger partial charge is 0.305 e. The molecule has 5 nitrogen and oxygen atoms in total. The van der Waals surface area contributed by atoms with Gasteiger partial charge in [-0.15, -0.1) is 0 Å². The van der Waals surface area contributed by atoms with Crippen LogP contribution in [0.1, 0.15) is 44.7 Å². The molecule has 1 heterocycles. The van der Waals surface area contributed by atoms with Gasteiger partial charge in [0.1, 0.15) is 5.92 Å². The molecule has 0 spiro atoms. The summed E-state index contributed by atoms with van der Waals surface area (Å²) in [5, 5.41) is 38.6. The Bertz CT molecular complexity index is 945. The Balaban J connectivity index is 2.20. The molecule has 3 atom stereocenters. The van der Waals surface area contributed by atoms with Crippen molar-refractivity contribution in [2.24, 2.45) is 17.3 Å². The minimum absolute atomic E-state index is 0.000163. The summed E-state index contributed by atoms with van der Waals surface area (Å²) < 4.78 is 0. The van der Waals surface area contributed by atoms with E-state index in [1.54, 1.807) is 0 Å². The van der Waals surface area contributed by atoms with Gasteiger partial charge in [0.15, 0.2) is 5.41 Å². The third-order valence-corrected chi connectivity index (χ3v) is 6.45. The minimum atomic E-state index is -1.64. The first-order valence-corrected chi connectivity index (χ1v) is 10.1. The van der Waals surface area contributed by atoms with Crippen molar-refractivity contribution in [1.82, 2.24) is 4.90 Å². The van der Waals surface area contributed by atoms with Crippen molar-refractivity contribution in [3.8, 4) is 18.2 Å². The fourth-order valence-corrected chi connectivity index (χ4v) is 4.69. The van der Waals surface area contributed by atoms with Crippen LogP contribution in [-0.2, 0) is 5.41 Å². The zero-order chi connectivity index (χ0) is 21.4. The summed E-state index contributed by atoms with van der Waals surface area (Å²) in [5.41, 5.74) is 1.24. The average Bonchev–Trinajstić information content (AvgIpc) is 2.72. The predicted molar refractivity (Wildman–Crippen MR) is 112 cm³/mol. The van der Waals surface area contributed by atoms with Gasteiger partial charge in [-0.3, -0.25) is 4.90 Å². The lowest BCUT2D eigenvalue weighted by atomic mass is 9.54. The number of hydrogen-bond acceptors (Lipinski definition) is 5. The molecule has 1 aromatic rings. The Labute approximate surface area is 173 Å².